The van der Waals surface area contributed by atoms with Crippen molar-refractivity contribution in [2.75, 3.05) is 12.4 Å². The number of hydrogen-bond donors (Lipinski definition) is 1. The Morgan fingerprint density at radius 2 is 2.10 bits per heavy atom. The van der Waals surface area contributed by atoms with E-state index in [2.05, 4.69) is 15.0 Å². The molecule has 1 N–H and O–H groups in total. The third-order valence-corrected chi connectivity index (χ3v) is 2.79. The van der Waals surface area contributed by atoms with Crippen LogP contribution in [0.15, 0.2) is 42.6 Å². The second-order valence-corrected chi connectivity index (χ2v) is 4.18. The van der Waals surface area contributed by atoms with E-state index in [1.54, 1.807) is 0 Å². The first-order chi connectivity index (χ1) is 10.1. The van der Waals surface area contributed by atoms with E-state index in [0.29, 0.717) is 6.54 Å². The first-order valence-corrected chi connectivity index (χ1v) is 6.12. The summed E-state index contributed by atoms with van der Waals surface area (Å²) in [5.74, 6) is -0.559. The lowest BCUT2D eigenvalue weighted by molar-refractivity contribution is -0.384. The third kappa shape index (κ3) is 3.53. The number of rotatable bonds is 5. The molecule has 21 heavy (non-hydrogen) atoms. The van der Waals surface area contributed by atoms with E-state index in [9.17, 15) is 14.9 Å². The van der Waals surface area contributed by atoms with Gasteiger partial charge in [-0.2, -0.15) is 0 Å². The molecule has 1 heterocycles. The molecule has 0 aliphatic carbocycles. The van der Waals surface area contributed by atoms with Crippen molar-refractivity contribution in [1.29, 1.82) is 0 Å². The molecular formula is C14H13N3O4. The van der Waals surface area contributed by atoms with Crippen LogP contribution in [-0.4, -0.2) is 23.0 Å². The summed E-state index contributed by atoms with van der Waals surface area (Å²) in [5, 5.41) is 14.0. The fraction of sp³-hybridized carbons (Fsp3) is 0.143. The molecule has 0 aliphatic rings. The number of pyridine rings is 1. The van der Waals surface area contributed by atoms with Crippen molar-refractivity contribution in [2.24, 2.45) is 0 Å². The van der Waals surface area contributed by atoms with Gasteiger partial charge in [0.2, 0.25) is 5.82 Å². The summed E-state index contributed by atoms with van der Waals surface area (Å²) in [6.45, 7) is 0.395. The van der Waals surface area contributed by atoms with Crippen LogP contribution in [0, 0.1) is 10.1 Å². The number of nitro groups is 1. The number of methoxy groups -OCH3 is 1. The van der Waals surface area contributed by atoms with Crippen molar-refractivity contribution in [1.82, 2.24) is 4.98 Å². The lowest BCUT2D eigenvalue weighted by atomic mass is 10.2. The average molecular weight is 287 g/mol. The predicted molar refractivity (Wildman–Crippen MR) is 76.0 cm³/mol. The summed E-state index contributed by atoms with van der Waals surface area (Å²) in [4.78, 5) is 25.8. The lowest BCUT2D eigenvalue weighted by Gasteiger charge is -2.07. The highest BCUT2D eigenvalue weighted by Crippen LogP contribution is 2.23. The molecule has 0 radical (unpaired) electrons. The number of benzene rings is 1. The van der Waals surface area contributed by atoms with Gasteiger partial charge >= 0.3 is 11.7 Å². The highest BCUT2D eigenvalue weighted by Gasteiger charge is 2.19. The molecule has 2 rings (SSSR count). The van der Waals surface area contributed by atoms with Crippen LogP contribution in [0.25, 0.3) is 0 Å². The van der Waals surface area contributed by atoms with Gasteiger partial charge in [0.1, 0.15) is 0 Å². The van der Waals surface area contributed by atoms with Crippen LogP contribution in [0.3, 0.4) is 0 Å². The SMILES string of the molecule is COC(=O)c1cnc(NCc2ccccc2)c([N+](=O)[O-])c1. The molecular weight excluding hydrogens is 274 g/mol. The van der Waals surface area contributed by atoms with E-state index in [-0.39, 0.29) is 17.1 Å². The summed E-state index contributed by atoms with van der Waals surface area (Å²) in [5.41, 5.74) is 0.730. The van der Waals surface area contributed by atoms with Gasteiger partial charge in [-0.3, -0.25) is 10.1 Å². The minimum Gasteiger partial charge on any atom is -0.465 e. The normalized spacial score (nSPS) is 9.95. The first-order valence-electron chi connectivity index (χ1n) is 6.12. The Bertz CT molecular complexity index is 659. The van der Waals surface area contributed by atoms with E-state index < -0.39 is 10.9 Å². The van der Waals surface area contributed by atoms with Gasteiger partial charge in [0.25, 0.3) is 0 Å². The Morgan fingerprint density at radius 3 is 2.71 bits per heavy atom. The largest absolute Gasteiger partial charge is 0.465 e. The van der Waals surface area contributed by atoms with Crippen molar-refractivity contribution in [3.63, 3.8) is 0 Å². The zero-order valence-corrected chi connectivity index (χ0v) is 11.3. The maximum Gasteiger partial charge on any atom is 0.339 e. The quantitative estimate of drug-likeness (QED) is 0.515. The van der Waals surface area contributed by atoms with E-state index in [1.807, 2.05) is 30.3 Å². The molecule has 0 saturated heterocycles. The number of nitrogens with zero attached hydrogens (tertiary/aromatic N) is 2. The molecule has 0 saturated carbocycles. The first kappa shape index (κ1) is 14.4. The molecule has 0 unspecified atom stereocenters. The molecule has 7 heteroatoms. The molecule has 1 aromatic heterocycles. The Labute approximate surface area is 120 Å². The van der Waals surface area contributed by atoms with Gasteiger partial charge in [0, 0.05) is 18.8 Å². The topological polar surface area (TPSA) is 94.4 Å². The maximum absolute atomic E-state index is 11.4. The van der Waals surface area contributed by atoms with Gasteiger partial charge in [-0.15, -0.1) is 0 Å². The molecule has 0 spiro atoms. The highest BCUT2D eigenvalue weighted by atomic mass is 16.6. The van der Waals surface area contributed by atoms with Gasteiger partial charge < -0.3 is 10.1 Å². The van der Waals surface area contributed by atoms with Gasteiger partial charge in [0.05, 0.1) is 17.6 Å². The molecule has 0 bridgehead atoms. The summed E-state index contributed by atoms with van der Waals surface area (Å²) in [6.07, 6.45) is 1.24. The molecule has 1 aromatic carbocycles. The number of nitrogens with one attached hydrogen (secondary N) is 1. The number of aromatic nitrogens is 1. The number of carbonyl (C=O) groups excluding carboxylic acids is 1. The molecule has 0 amide bonds. The second-order valence-electron chi connectivity index (χ2n) is 4.18. The van der Waals surface area contributed by atoms with Gasteiger partial charge in [0.15, 0.2) is 0 Å². The van der Waals surface area contributed by atoms with Crippen molar-refractivity contribution >= 4 is 17.5 Å². The van der Waals surface area contributed by atoms with Crippen LogP contribution in [-0.2, 0) is 11.3 Å². The summed E-state index contributed by atoms with van der Waals surface area (Å²) in [6, 6.07) is 10.6. The highest BCUT2D eigenvalue weighted by molar-refractivity contribution is 5.90. The predicted octanol–water partition coefficient (Wildman–Crippen LogP) is 2.39. The Morgan fingerprint density at radius 1 is 1.38 bits per heavy atom. The van der Waals surface area contributed by atoms with Crippen molar-refractivity contribution in [2.45, 2.75) is 6.54 Å². The number of anilines is 1. The van der Waals surface area contributed by atoms with Crippen LogP contribution < -0.4 is 5.32 Å². The minimum atomic E-state index is -0.666. The molecule has 108 valence electrons. The number of esters is 1. The zero-order valence-electron chi connectivity index (χ0n) is 11.3. The fourth-order valence-electron chi connectivity index (χ4n) is 1.74. The average Bonchev–Trinajstić information content (AvgIpc) is 2.52. The van der Waals surface area contributed by atoms with Crippen LogP contribution >= 0.6 is 0 Å². The second kappa shape index (κ2) is 6.47. The van der Waals surface area contributed by atoms with Crippen molar-refractivity contribution in [3.8, 4) is 0 Å². The number of ether oxygens (including phenoxy) is 1. The minimum absolute atomic E-state index is 0.0365. The summed E-state index contributed by atoms with van der Waals surface area (Å²) >= 11 is 0. The summed E-state index contributed by atoms with van der Waals surface area (Å²) < 4.78 is 4.52. The lowest BCUT2D eigenvalue weighted by Crippen LogP contribution is -2.08. The van der Waals surface area contributed by atoms with Crippen LogP contribution in [0.4, 0.5) is 11.5 Å². The van der Waals surface area contributed by atoms with Gasteiger partial charge in [-0.1, -0.05) is 30.3 Å². The third-order valence-electron chi connectivity index (χ3n) is 2.79. The zero-order chi connectivity index (χ0) is 15.2. The standard InChI is InChI=1S/C14H13N3O4/c1-21-14(18)11-7-12(17(19)20)13(16-9-11)15-8-10-5-3-2-4-6-10/h2-7,9H,8H2,1H3,(H,15,16). The maximum atomic E-state index is 11.4. The molecule has 7 nitrogen and oxygen atoms in total. The smallest absolute Gasteiger partial charge is 0.339 e. The van der Waals surface area contributed by atoms with Crippen LogP contribution in [0.2, 0.25) is 0 Å². The van der Waals surface area contributed by atoms with Crippen molar-refractivity contribution < 1.29 is 14.5 Å². The Balaban J connectivity index is 2.22. The van der Waals surface area contributed by atoms with Crippen LogP contribution in [0.5, 0.6) is 0 Å². The van der Waals surface area contributed by atoms with Gasteiger partial charge in [-0.25, -0.2) is 9.78 Å². The van der Waals surface area contributed by atoms with Crippen molar-refractivity contribution in [3.05, 3.63) is 63.8 Å². The Hall–Kier alpha value is -2.96. The monoisotopic (exact) mass is 287 g/mol. The summed E-state index contributed by atoms with van der Waals surface area (Å²) in [7, 11) is 1.20. The Kier molecular flexibility index (Phi) is 4.45. The molecule has 0 fully saturated rings. The van der Waals surface area contributed by atoms with E-state index in [1.165, 1.54) is 13.3 Å². The van der Waals surface area contributed by atoms with E-state index in [4.69, 9.17) is 0 Å². The van der Waals surface area contributed by atoms with Gasteiger partial charge in [-0.05, 0) is 5.56 Å². The molecule has 2 aromatic rings. The van der Waals surface area contributed by atoms with E-state index >= 15 is 0 Å². The number of carbonyl (C=O) groups is 1. The molecule has 0 aliphatic heterocycles. The van der Waals surface area contributed by atoms with Crippen LogP contribution in [0.1, 0.15) is 15.9 Å². The molecule has 0 atom stereocenters. The van der Waals surface area contributed by atoms with E-state index in [0.717, 1.165) is 11.6 Å². The number of hydrogen-bond acceptors (Lipinski definition) is 6. The fourth-order valence-corrected chi connectivity index (χ4v) is 1.74.